The molecule has 0 aromatic heterocycles. The van der Waals surface area contributed by atoms with Crippen LogP contribution in [0, 0.1) is 6.92 Å². The number of benzene rings is 1. The Kier molecular flexibility index (Phi) is 6.88. The van der Waals surface area contributed by atoms with E-state index in [0.717, 1.165) is 17.7 Å². The highest BCUT2D eigenvalue weighted by molar-refractivity contribution is 5.79. The first-order chi connectivity index (χ1) is 9.93. The summed E-state index contributed by atoms with van der Waals surface area (Å²) in [6, 6.07) is 7.60. The Labute approximate surface area is 126 Å². The number of carbonyl (C=O) groups excluding carboxylic acids is 2. The second-order valence-corrected chi connectivity index (χ2v) is 5.29. The average Bonchev–Trinajstić information content (AvgIpc) is 2.44. The van der Waals surface area contributed by atoms with Crippen molar-refractivity contribution in [1.82, 2.24) is 15.5 Å². The zero-order valence-electron chi connectivity index (χ0n) is 13.3. The number of aryl methyl sites for hydroxylation is 1. The number of nitrogens with zero attached hydrogens (tertiary/aromatic N) is 1. The summed E-state index contributed by atoms with van der Waals surface area (Å²) >= 11 is 0. The van der Waals surface area contributed by atoms with E-state index < -0.39 is 0 Å². The maximum Gasteiger partial charge on any atom is 0.224 e. The fraction of sp³-hybridized carbons (Fsp3) is 0.500. The molecule has 1 atom stereocenters. The van der Waals surface area contributed by atoms with Crippen LogP contribution in [0.2, 0.25) is 0 Å². The van der Waals surface area contributed by atoms with Gasteiger partial charge < -0.3 is 15.5 Å². The van der Waals surface area contributed by atoms with Crippen LogP contribution in [0.15, 0.2) is 24.3 Å². The third-order valence-corrected chi connectivity index (χ3v) is 3.36. The second kappa shape index (κ2) is 8.42. The SMILES string of the molecule is CNCCN(C)C(=O)CC(NC(C)=O)c1ccc(C)cc1. The van der Waals surface area contributed by atoms with Crippen LogP contribution in [-0.2, 0) is 9.59 Å². The standard InChI is InChI=1S/C16H25N3O2/c1-12-5-7-14(8-6-12)15(18-13(2)20)11-16(21)19(4)10-9-17-3/h5-8,15,17H,9-11H2,1-4H3,(H,18,20). The molecule has 116 valence electrons. The number of hydrogen-bond donors (Lipinski definition) is 2. The van der Waals surface area contributed by atoms with Crippen LogP contribution in [0.3, 0.4) is 0 Å². The molecule has 0 aliphatic carbocycles. The van der Waals surface area contributed by atoms with Gasteiger partial charge in [0, 0.05) is 27.1 Å². The summed E-state index contributed by atoms with van der Waals surface area (Å²) in [6.07, 6.45) is 0.267. The highest BCUT2D eigenvalue weighted by atomic mass is 16.2. The van der Waals surface area contributed by atoms with Gasteiger partial charge in [0.05, 0.1) is 12.5 Å². The van der Waals surface area contributed by atoms with Gasteiger partial charge in [0.15, 0.2) is 0 Å². The molecule has 0 heterocycles. The van der Waals surface area contributed by atoms with Crippen LogP contribution in [0.5, 0.6) is 0 Å². The number of carbonyl (C=O) groups is 2. The zero-order valence-corrected chi connectivity index (χ0v) is 13.3. The Morgan fingerprint density at radius 3 is 2.38 bits per heavy atom. The minimum absolute atomic E-state index is 0.0181. The monoisotopic (exact) mass is 291 g/mol. The molecule has 0 aliphatic rings. The maximum atomic E-state index is 12.2. The summed E-state index contributed by atoms with van der Waals surface area (Å²) in [5.41, 5.74) is 2.10. The van der Waals surface area contributed by atoms with Gasteiger partial charge in [-0.1, -0.05) is 29.8 Å². The van der Waals surface area contributed by atoms with Gasteiger partial charge in [-0.15, -0.1) is 0 Å². The number of likely N-dealkylation sites (N-methyl/N-ethyl adjacent to an activating group) is 2. The number of amides is 2. The van der Waals surface area contributed by atoms with Crippen LogP contribution in [-0.4, -0.2) is 43.9 Å². The molecule has 1 aromatic rings. The Morgan fingerprint density at radius 2 is 1.86 bits per heavy atom. The van der Waals surface area contributed by atoms with E-state index >= 15 is 0 Å². The molecule has 5 nitrogen and oxygen atoms in total. The number of nitrogens with one attached hydrogen (secondary N) is 2. The van der Waals surface area contributed by atoms with Crippen LogP contribution in [0.25, 0.3) is 0 Å². The third kappa shape index (κ3) is 5.95. The Bertz CT molecular complexity index is 471. The molecular weight excluding hydrogens is 266 g/mol. The van der Waals surface area contributed by atoms with E-state index in [9.17, 15) is 9.59 Å². The minimum Gasteiger partial charge on any atom is -0.349 e. The lowest BCUT2D eigenvalue weighted by atomic mass is 10.0. The van der Waals surface area contributed by atoms with E-state index in [0.29, 0.717) is 6.54 Å². The van der Waals surface area contributed by atoms with E-state index in [1.165, 1.54) is 6.92 Å². The topological polar surface area (TPSA) is 61.4 Å². The molecule has 1 aromatic carbocycles. The Morgan fingerprint density at radius 1 is 1.24 bits per heavy atom. The lowest BCUT2D eigenvalue weighted by Crippen LogP contribution is -2.36. The van der Waals surface area contributed by atoms with Crippen molar-refractivity contribution in [1.29, 1.82) is 0 Å². The summed E-state index contributed by atoms with van der Waals surface area (Å²) < 4.78 is 0. The van der Waals surface area contributed by atoms with E-state index in [1.807, 2.05) is 38.2 Å². The zero-order chi connectivity index (χ0) is 15.8. The van der Waals surface area contributed by atoms with Gasteiger partial charge in [0.1, 0.15) is 0 Å². The second-order valence-electron chi connectivity index (χ2n) is 5.29. The van der Waals surface area contributed by atoms with Crippen molar-refractivity contribution in [3.63, 3.8) is 0 Å². The van der Waals surface area contributed by atoms with Gasteiger partial charge in [0.25, 0.3) is 0 Å². The van der Waals surface area contributed by atoms with Gasteiger partial charge in [-0.25, -0.2) is 0 Å². The van der Waals surface area contributed by atoms with E-state index in [2.05, 4.69) is 10.6 Å². The Hall–Kier alpha value is -1.88. The van der Waals surface area contributed by atoms with Gasteiger partial charge >= 0.3 is 0 Å². The molecule has 5 heteroatoms. The molecule has 0 saturated carbocycles. The van der Waals surface area contributed by atoms with Crippen molar-refractivity contribution in [2.75, 3.05) is 27.2 Å². The lowest BCUT2D eigenvalue weighted by Gasteiger charge is -2.22. The summed E-state index contributed by atoms with van der Waals surface area (Å²) in [5, 5.41) is 5.87. The molecule has 1 rings (SSSR count). The van der Waals surface area contributed by atoms with E-state index in [-0.39, 0.29) is 24.3 Å². The van der Waals surface area contributed by atoms with Crippen molar-refractivity contribution >= 4 is 11.8 Å². The molecule has 0 aliphatic heterocycles. The minimum atomic E-state index is -0.285. The molecule has 2 amide bonds. The molecule has 0 radical (unpaired) electrons. The normalized spacial score (nSPS) is 11.8. The molecule has 0 fully saturated rings. The fourth-order valence-electron chi connectivity index (χ4n) is 2.03. The Balaban J connectivity index is 2.76. The molecule has 2 N–H and O–H groups in total. The fourth-order valence-corrected chi connectivity index (χ4v) is 2.03. The van der Waals surface area contributed by atoms with Crippen LogP contribution >= 0.6 is 0 Å². The summed E-state index contributed by atoms with van der Waals surface area (Å²) in [5.74, 6) is -0.115. The van der Waals surface area contributed by atoms with Gasteiger partial charge in [-0.3, -0.25) is 9.59 Å². The van der Waals surface area contributed by atoms with Crippen molar-refractivity contribution in [3.05, 3.63) is 35.4 Å². The summed E-state index contributed by atoms with van der Waals surface area (Å²) in [6.45, 7) is 4.87. The maximum absolute atomic E-state index is 12.2. The highest BCUT2D eigenvalue weighted by Crippen LogP contribution is 2.18. The molecule has 0 saturated heterocycles. The summed E-state index contributed by atoms with van der Waals surface area (Å²) in [4.78, 5) is 25.3. The number of rotatable bonds is 7. The van der Waals surface area contributed by atoms with Crippen molar-refractivity contribution in [3.8, 4) is 0 Å². The highest BCUT2D eigenvalue weighted by Gasteiger charge is 2.19. The van der Waals surface area contributed by atoms with Crippen molar-refractivity contribution in [2.24, 2.45) is 0 Å². The summed E-state index contributed by atoms with van der Waals surface area (Å²) in [7, 11) is 3.63. The molecule has 0 spiro atoms. The van der Waals surface area contributed by atoms with Gasteiger partial charge in [-0.2, -0.15) is 0 Å². The molecular formula is C16H25N3O2. The first-order valence-electron chi connectivity index (χ1n) is 7.16. The van der Waals surface area contributed by atoms with E-state index in [1.54, 1.807) is 11.9 Å². The largest absolute Gasteiger partial charge is 0.349 e. The number of hydrogen-bond acceptors (Lipinski definition) is 3. The quantitative estimate of drug-likeness (QED) is 0.794. The van der Waals surface area contributed by atoms with Crippen LogP contribution < -0.4 is 10.6 Å². The average molecular weight is 291 g/mol. The van der Waals surface area contributed by atoms with Crippen molar-refractivity contribution in [2.45, 2.75) is 26.3 Å². The van der Waals surface area contributed by atoms with Gasteiger partial charge in [-0.05, 0) is 19.5 Å². The predicted molar refractivity (Wildman–Crippen MR) is 83.9 cm³/mol. The lowest BCUT2D eigenvalue weighted by molar-refractivity contribution is -0.130. The smallest absolute Gasteiger partial charge is 0.224 e. The van der Waals surface area contributed by atoms with Crippen LogP contribution in [0.1, 0.15) is 30.5 Å². The first-order valence-corrected chi connectivity index (χ1v) is 7.16. The predicted octanol–water partition coefficient (Wildman–Crippen LogP) is 1.24. The van der Waals surface area contributed by atoms with Crippen LogP contribution in [0.4, 0.5) is 0 Å². The molecule has 0 bridgehead atoms. The third-order valence-electron chi connectivity index (χ3n) is 3.36. The molecule has 1 unspecified atom stereocenters. The van der Waals surface area contributed by atoms with Gasteiger partial charge in [0.2, 0.25) is 11.8 Å². The van der Waals surface area contributed by atoms with E-state index in [4.69, 9.17) is 0 Å². The first kappa shape index (κ1) is 17.2. The molecule has 21 heavy (non-hydrogen) atoms. The van der Waals surface area contributed by atoms with Crippen molar-refractivity contribution < 1.29 is 9.59 Å².